The number of thiophene rings is 1. The highest BCUT2D eigenvalue weighted by Crippen LogP contribution is 2.34. The number of nitrogens with zero attached hydrogens (tertiary/aromatic N) is 2. The van der Waals surface area contributed by atoms with Crippen LogP contribution in [0.2, 0.25) is 0 Å². The van der Waals surface area contributed by atoms with Gasteiger partial charge in [-0.1, -0.05) is 6.07 Å². The minimum absolute atomic E-state index is 0.197. The Kier molecular flexibility index (Phi) is 4.94. The van der Waals surface area contributed by atoms with Crippen LogP contribution in [0.1, 0.15) is 28.2 Å². The minimum atomic E-state index is 0.197. The molecule has 3 atom stereocenters. The fourth-order valence-electron chi connectivity index (χ4n) is 3.82. The van der Waals surface area contributed by atoms with Gasteiger partial charge >= 0.3 is 0 Å². The van der Waals surface area contributed by atoms with Crippen LogP contribution in [0.3, 0.4) is 0 Å². The molecule has 1 saturated heterocycles. The van der Waals surface area contributed by atoms with Crippen molar-refractivity contribution in [2.24, 2.45) is 0 Å². The zero-order chi connectivity index (χ0) is 16.4. The Morgan fingerprint density at radius 1 is 1.33 bits per heavy atom. The quantitative estimate of drug-likeness (QED) is 0.833. The fourth-order valence-corrected chi connectivity index (χ4v) is 4.74. The third-order valence-electron chi connectivity index (χ3n) is 4.99. The van der Waals surface area contributed by atoms with Crippen LogP contribution in [-0.4, -0.2) is 41.3 Å². The van der Waals surface area contributed by atoms with E-state index in [4.69, 9.17) is 9.47 Å². The average Bonchev–Trinajstić information content (AvgIpc) is 3.21. The van der Waals surface area contributed by atoms with Crippen LogP contribution < -0.4 is 0 Å². The molecule has 0 aromatic carbocycles. The van der Waals surface area contributed by atoms with Crippen molar-refractivity contribution >= 4 is 11.3 Å². The van der Waals surface area contributed by atoms with Crippen LogP contribution in [0, 0.1) is 6.92 Å². The van der Waals surface area contributed by atoms with E-state index in [1.54, 1.807) is 6.20 Å². The van der Waals surface area contributed by atoms with Crippen LogP contribution >= 0.6 is 11.3 Å². The summed E-state index contributed by atoms with van der Waals surface area (Å²) in [7, 11) is 0. The molecule has 2 aromatic rings. The van der Waals surface area contributed by atoms with E-state index in [9.17, 15) is 0 Å². The summed E-state index contributed by atoms with van der Waals surface area (Å²) in [5.41, 5.74) is 1.13. The van der Waals surface area contributed by atoms with Gasteiger partial charge < -0.3 is 9.47 Å². The maximum atomic E-state index is 6.17. The number of aromatic nitrogens is 1. The molecule has 0 spiro atoms. The molecular formula is C19H24N2O2S. The van der Waals surface area contributed by atoms with Crippen LogP contribution in [0.4, 0.5) is 0 Å². The number of fused-ring (bicyclic) bond motifs is 1. The molecule has 2 aromatic heterocycles. The van der Waals surface area contributed by atoms with Gasteiger partial charge in [0.1, 0.15) is 0 Å². The zero-order valence-electron chi connectivity index (χ0n) is 14.1. The molecule has 0 unspecified atom stereocenters. The molecule has 0 N–H and O–H groups in total. The second-order valence-electron chi connectivity index (χ2n) is 6.67. The standard InChI is InChI=1S/C19H24N2O2S/c1-14-4-5-16(24-14)12-21-9-10-22-19-17(21)6-7-18(19)23-13-15-3-2-8-20-11-15/h2-5,8,11,17-19H,6-7,9-10,12-13H2,1H3/t17-,18-,19-/m0/s1. The van der Waals surface area contributed by atoms with E-state index < -0.39 is 0 Å². The molecular weight excluding hydrogens is 320 g/mol. The minimum Gasteiger partial charge on any atom is -0.373 e. The van der Waals surface area contributed by atoms with Crippen molar-refractivity contribution in [1.82, 2.24) is 9.88 Å². The van der Waals surface area contributed by atoms with E-state index in [0.717, 1.165) is 38.1 Å². The summed E-state index contributed by atoms with van der Waals surface area (Å²) in [6.07, 6.45) is 6.31. The lowest BCUT2D eigenvalue weighted by Gasteiger charge is -2.38. The molecule has 1 aliphatic carbocycles. The maximum absolute atomic E-state index is 6.17. The molecule has 0 amide bonds. The van der Waals surface area contributed by atoms with E-state index >= 15 is 0 Å². The van der Waals surface area contributed by atoms with Gasteiger partial charge in [0, 0.05) is 41.3 Å². The molecule has 2 fully saturated rings. The number of hydrogen-bond donors (Lipinski definition) is 0. The highest BCUT2D eigenvalue weighted by molar-refractivity contribution is 7.11. The van der Waals surface area contributed by atoms with Crippen LogP contribution in [0.5, 0.6) is 0 Å². The second-order valence-corrected chi connectivity index (χ2v) is 8.05. The Morgan fingerprint density at radius 2 is 2.29 bits per heavy atom. The Bertz CT molecular complexity index is 660. The summed E-state index contributed by atoms with van der Waals surface area (Å²) >= 11 is 1.90. The summed E-state index contributed by atoms with van der Waals surface area (Å²) in [6.45, 7) is 5.66. The van der Waals surface area contributed by atoms with Gasteiger partial charge in [-0.3, -0.25) is 9.88 Å². The van der Waals surface area contributed by atoms with Gasteiger partial charge in [-0.05, 0) is 43.5 Å². The van der Waals surface area contributed by atoms with Gasteiger partial charge in [-0.2, -0.15) is 0 Å². The first-order valence-corrected chi connectivity index (χ1v) is 9.53. The molecule has 0 radical (unpaired) electrons. The molecule has 1 saturated carbocycles. The predicted octanol–water partition coefficient (Wildman–Crippen LogP) is 3.40. The van der Waals surface area contributed by atoms with Gasteiger partial charge in [-0.25, -0.2) is 0 Å². The topological polar surface area (TPSA) is 34.6 Å². The fraction of sp³-hybridized carbons (Fsp3) is 0.526. The van der Waals surface area contributed by atoms with Crippen molar-refractivity contribution in [3.05, 3.63) is 52.0 Å². The van der Waals surface area contributed by atoms with E-state index in [2.05, 4.69) is 35.0 Å². The predicted molar refractivity (Wildman–Crippen MR) is 95.0 cm³/mol. The molecule has 2 aliphatic rings. The van der Waals surface area contributed by atoms with Crippen molar-refractivity contribution in [3.8, 4) is 0 Å². The molecule has 5 heteroatoms. The lowest BCUT2D eigenvalue weighted by Crippen LogP contribution is -2.51. The third-order valence-corrected chi connectivity index (χ3v) is 5.98. The first-order valence-electron chi connectivity index (χ1n) is 8.71. The van der Waals surface area contributed by atoms with Crippen molar-refractivity contribution in [3.63, 3.8) is 0 Å². The maximum Gasteiger partial charge on any atom is 0.0992 e. The summed E-state index contributed by atoms with van der Waals surface area (Å²) in [4.78, 5) is 9.58. The van der Waals surface area contributed by atoms with E-state index in [-0.39, 0.29) is 12.2 Å². The zero-order valence-corrected chi connectivity index (χ0v) is 14.9. The lowest BCUT2D eigenvalue weighted by atomic mass is 10.1. The summed E-state index contributed by atoms with van der Waals surface area (Å²) in [5.74, 6) is 0. The lowest BCUT2D eigenvalue weighted by molar-refractivity contribution is -0.118. The summed E-state index contributed by atoms with van der Waals surface area (Å²) in [5, 5.41) is 0. The monoisotopic (exact) mass is 344 g/mol. The smallest absolute Gasteiger partial charge is 0.0992 e. The Labute approximate surface area is 147 Å². The van der Waals surface area contributed by atoms with Gasteiger partial charge in [0.05, 0.1) is 25.4 Å². The number of hydrogen-bond acceptors (Lipinski definition) is 5. The molecule has 24 heavy (non-hydrogen) atoms. The van der Waals surface area contributed by atoms with Crippen LogP contribution in [0.25, 0.3) is 0 Å². The Morgan fingerprint density at radius 3 is 3.08 bits per heavy atom. The highest BCUT2D eigenvalue weighted by Gasteiger charge is 2.43. The van der Waals surface area contributed by atoms with Crippen molar-refractivity contribution in [2.45, 2.75) is 51.2 Å². The average molecular weight is 344 g/mol. The highest BCUT2D eigenvalue weighted by atomic mass is 32.1. The number of aryl methyl sites for hydroxylation is 1. The van der Waals surface area contributed by atoms with Crippen molar-refractivity contribution < 1.29 is 9.47 Å². The van der Waals surface area contributed by atoms with Gasteiger partial charge in [-0.15, -0.1) is 11.3 Å². The molecule has 1 aliphatic heterocycles. The van der Waals surface area contributed by atoms with Gasteiger partial charge in [0.25, 0.3) is 0 Å². The number of ether oxygens (including phenoxy) is 2. The van der Waals surface area contributed by atoms with Gasteiger partial charge in [0.15, 0.2) is 0 Å². The second kappa shape index (κ2) is 7.31. The normalized spacial score (nSPS) is 27.3. The molecule has 4 nitrogen and oxygen atoms in total. The van der Waals surface area contributed by atoms with Gasteiger partial charge in [0.2, 0.25) is 0 Å². The SMILES string of the molecule is Cc1ccc(CN2CCO[C@@H]3[C@@H](OCc4cccnc4)CC[C@@H]32)s1. The molecule has 0 bridgehead atoms. The van der Waals surface area contributed by atoms with E-state index in [0.29, 0.717) is 12.6 Å². The Hall–Kier alpha value is -1.27. The van der Waals surface area contributed by atoms with E-state index in [1.165, 1.54) is 9.75 Å². The largest absolute Gasteiger partial charge is 0.373 e. The number of rotatable bonds is 5. The molecule has 3 heterocycles. The third kappa shape index (κ3) is 3.54. The summed E-state index contributed by atoms with van der Waals surface area (Å²) < 4.78 is 12.3. The first kappa shape index (κ1) is 16.2. The van der Waals surface area contributed by atoms with Crippen molar-refractivity contribution in [2.75, 3.05) is 13.2 Å². The number of morpholine rings is 1. The van der Waals surface area contributed by atoms with Crippen LogP contribution in [0.15, 0.2) is 36.7 Å². The molecule has 4 rings (SSSR count). The van der Waals surface area contributed by atoms with E-state index in [1.807, 2.05) is 23.6 Å². The number of pyridine rings is 1. The Balaban J connectivity index is 1.37. The van der Waals surface area contributed by atoms with Crippen LogP contribution in [-0.2, 0) is 22.6 Å². The molecule has 128 valence electrons. The first-order chi connectivity index (χ1) is 11.8. The summed E-state index contributed by atoms with van der Waals surface area (Å²) in [6, 6.07) is 8.98. The van der Waals surface area contributed by atoms with Crippen molar-refractivity contribution in [1.29, 1.82) is 0 Å².